The molecule has 0 bridgehead atoms. The van der Waals surface area contributed by atoms with Crippen LogP contribution in [0.15, 0.2) is 55.5 Å². The molecule has 2 amide bonds. The van der Waals surface area contributed by atoms with Gasteiger partial charge in [-0.3, -0.25) is 14.6 Å². The number of nitrogens with one attached hydrogen (secondary N) is 2. The Labute approximate surface area is 221 Å². The molecule has 0 atom stereocenters. The number of para-hydroxylation sites is 1. The van der Waals surface area contributed by atoms with Crippen LogP contribution in [0.25, 0.3) is 27.7 Å². The first-order chi connectivity index (χ1) is 18.3. The third-order valence-corrected chi connectivity index (χ3v) is 6.61. The first-order valence-corrected chi connectivity index (χ1v) is 12.8. The van der Waals surface area contributed by atoms with E-state index in [0.29, 0.717) is 46.0 Å². The number of anilines is 2. The lowest BCUT2D eigenvalue weighted by Gasteiger charge is -2.15. The quantitative estimate of drug-likeness (QED) is 0.325. The smallest absolute Gasteiger partial charge is 0.256 e. The summed E-state index contributed by atoms with van der Waals surface area (Å²) < 4.78 is 0. The number of H-pyrrole nitrogens is 1. The van der Waals surface area contributed by atoms with Gasteiger partial charge >= 0.3 is 0 Å². The van der Waals surface area contributed by atoms with Crippen LogP contribution in [0, 0.1) is 5.92 Å². The van der Waals surface area contributed by atoms with Crippen LogP contribution in [-0.4, -0.2) is 49.7 Å². The molecule has 9 heteroatoms. The number of aromatic amines is 1. The van der Waals surface area contributed by atoms with Gasteiger partial charge in [-0.2, -0.15) is 0 Å². The van der Waals surface area contributed by atoms with E-state index < -0.39 is 0 Å². The third-order valence-electron chi connectivity index (χ3n) is 6.61. The summed E-state index contributed by atoms with van der Waals surface area (Å²) in [5, 5.41) is 2.90. The summed E-state index contributed by atoms with van der Waals surface area (Å²) in [6, 6.07) is 9.29. The summed E-state index contributed by atoms with van der Waals surface area (Å²) in [5.74, 6) is 1.01. The molecule has 4 heterocycles. The predicted octanol–water partition coefficient (Wildman–Crippen LogP) is 4.88. The Kier molecular flexibility index (Phi) is 6.91. The molecular formula is C29H31N7O2. The fraction of sp³-hybridized carbons (Fsp3) is 0.276. The summed E-state index contributed by atoms with van der Waals surface area (Å²) >= 11 is 0. The summed E-state index contributed by atoms with van der Waals surface area (Å²) in [5.41, 5.74) is 11.5. The molecule has 9 nitrogen and oxygen atoms in total. The van der Waals surface area contributed by atoms with Crippen LogP contribution < -0.4 is 11.1 Å². The van der Waals surface area contributed by atoms with Crippen LogP contribution in [-0.2, 0) is 4.79 Å². The monoisotopic (exact) mass is 509 g/mol. The molecule has 38 heavy (non-hydrogen) atoms. The molecule has 0 saturated carbocycles. The Morgan fingerprint density at radius 1 is 1.11 bits per heavy atom. The van der Waals surface area contributed by atoms with Gasteiger partial charge in [-0.25, -0.2) is 9.97 Å². The van der Waals surface area contributed by atoms with Crippen molar-refractivity contribution in [3.8, 4) is 11.1 Å². The molecule has 0 aliphatic carbocycles. The molecule has 0 radical (unpaired) electrons. The van der Waals surface area contributed by atoms with Crippen LogP contribution in [0.1, 0.15) is 54.9 Å². The van der Waals surface area contributed by atoms with Crippen molar-refractivity contribution in [1.82, 2.24) is 24.8 Å². The zero-order chi connectivity index (χ0) is 26.8. The maximum absolute atomic E-state index is 13.1. The van der Waals surface area contributed by atoms with Gasteiger partial charge in [0.1, 0.15) is 17.2 Å². The summed E-state index contributed by atoms with van der Waals surface area (Å²) in [4.78, 5) is 43.9. The number of benzene rings is 1. The van der Waals surface area contributed by atoms with Crippen molar-refractivity contribution in [2.24, 2.45) is 5.92 Å². The molecule has 1 aliphatic rings. The van der Waals surface area contributed by atoms with Crippen molar-refractivity contribution in [2.75, 3.05) is 24.1 Å². The third kappa shape index (κ3) is 5.13. The average Bonchev–Trinajstić information content (AvgIpc) is 3.58. The largest absolute Gasteiger partial charge is 0.383 e. The van der Waals surface area contributed by atoms with Crippen molar-refractivity contribution in [3.63, 3.8) is 0 Å². The molecule has 5 rings (SSSR count). The second-order valence-corrected chi connectivity index (χ2v) is 10.0. The molecule has 0 unspecified atom stereocenters. The fourth-order valence-corrected chi connectivity index (χ4v) is 4.69. The minimum absolute atomic E-state index is 0.00666. The lowest BCUT2D eigenvalue weighted by Crippen LogP contribution is -2.27. The molecule has 194 valence electrons. The number of imidazole rings is 1. The number of carbonyl (C=O) groups excluding carboxylic acids is 2. The lowest BCUT2D eigenvalue weighted by atomic mass is 10.0. The van der Waals surface area contributed by atoms with Crippen molar-refractivity contribution in [3.05, 3.63) is 72.5 Å². The number of carbonyl (C=O) groups is 2. The average molecular weight is 510 g/mol. The van der Waals surface area contributed by atoms with E-state index in [2.05, 4.69) is 26.8 Å². The summed E-state index contributed by atoms with van der Waals surface area (Å²) in [7, 11) is 0. The van der Waals surface area contributed by atoms with Crippen LogP contribution >= 0.6 is 0 Å². The van der Waals surface area contributed by atoms with Crippen LogP contribution in [0.2, 0.25) is 0 Å². The van der Waals surface area contributed by atoms with Gasteiger partial charge in [0.2, 0.25) is 5.91 Å². The topological polar surface area (TPSA) is 130 Å². The van der Waals surface area contributed by atoms with Gasteiger partial charge in [0.05, 0.1) is 23.0 Å². The number of aromatic nitrogens is 4. The van der Waals surface area contributed by atoms with Gasteiger partial charge in [-0.15, -0.1) is 0 Å². The van der Waals surface area contributed by atoms with E-state index in [1.807, 2.05) is 49.1 Å². The Bertz CT molecular complexity index is 1530. The highest BCUT2D eigenvalue weighted by atomic mass is 16.2. The van der Waals surface area contributed by atoms with E-state index in [0.717, 1.165) is 42.6 Å². The molecule has 1 aliphatic heterocycles. The number of pyridine rings is 2. The Morgan fingerprint density at radius 3 is 2.63 bits per heavy atom. The molecule has 1 saturated heterocycles. The van der Waals surface area contributed by atoms with Gasteiger partial charge < -0.3 is 20.9 Å². The van der Waals surface area contributed by atoms with Crippen molar-refractivity contribution >= 4 is 39.9 Å². The van der Waals surface area contributed by atoms with Gasteiger partial charge in [0.15, 0.2) is 0 Å². The SMILES string of the molecule is C=C(c1nc2c(C(=O)N3CCCC3)cccc2[nH]1)c1cc(-c2cncc(NC(=O)CC(C)C)c2)cnc1N. The van der Waals surface area contributed by atoms with Gasteiger partial charge in [0, 0.05) is 54.2 Å². The number of fused-ring (bicyclic) bond motifs is 1. The first-order valence-electron chi connectivity index (χ1n) is 12.8. The van der Waals surface area contributed by atoms with E-state index in [1.165, 1.54) is 0 Å². The highest BCUT2D eigenvalue weighted by Crippen LogP contribution is 2.31. The molecule has 1 aromatic carbocycles. The maximum atomic E-state index is 13.1. The Hall–Kier alpha value is -4.53. The Morgan fingerprint density at radius 2 is 1.87 bits per heavy atom. The number of amides is 2. The lowest BCUT2D eigenvalue weighted by molar-refractivity contribution is -0.116. The van der Waals surface area contributed by atoms with Crippen molar-refractivity contribution in [1.29, 1.82) is 0 Å². The van der Waals surface area contributed by atoms with E-state index in [9.17, 15) is 9.59 Å². The van der Waals surface area contributed by atoms with Crippen molar-refractivity contribution < 1.29 is 9.59 Å². The van der Waals surface area contributed by atoms with E-state index >= 15 is 0 Å². The minimum Gasteiger partial charge on any atom is -0.383 e. The number of nitrogen functional groups attached to an aromatic ring is 1. The van der Waals surface area contributed by atoms with E-state index in [1.54, 1.807) is 18.6 Å². The number of nitrogens with two attached hydrogens (primary N) is 1. The van der Waals surface area contributed by atoms with E-state index in [-0.39, 0.29) is 17.7 Å². The standard InChI is InChI=1S/C29H31N7O2/c1-17(2)11-25(37)33-21-12-19(14-31-16-21)20-13-23(27(30)32-15-20)18(3)28-34-24-8-6-7-22(26(24)35-28)29(38)36-9-4-5-10-36/h6-8,12-17H,3-5,9-11H2,1-2H3,(H2,30,32)(H,33,37)(H,34,35). The molecule has 0 spiro atoms. The molecule has 3 aromatic heterocycles. The number of hydrogen-bond acceptors (Lipinski definition) is 6. The maximum Gasteiger partial charge on any atom is 0.256 e. The minimum atomic E-state index is -0.0593. The Balaban J connectivity index is 1.44. The summed E-state index contributed by atoms with van der Waals surface area (Å²) in [6.45, 7) is 9.77. The zero-order valence-electron chi connectivity index (χ0n) is 21.6. The van der Waals surface area contributed by atoms with Crippen LogP contribution in [0.4, 0.5) is 11.5 Å². The van der Waals surface area contributed by atoms with Gasteiger partial charge in [-0.1, -0.05) is 26.5 Å². The highest BCUT2D eigenvalue weighted by molar-refractivity contribution is 6.05. The highest BCUT2D eigenvalue weighted by Gasteiger charge is 2.23. The molecule has 4 aromatic rings. The summed E-state index contributed by atoms with van der Waals surface area (Å²) in [6.07, 6.45) is 7.46. The van der Waals surface area contributed by atoms with Crippen LogP contribution in [0.5, 0.6) is 0 Å². The number of hydrogen-bond donors (Lipinski definition) is 3. The molecule has 4 N–H and O–H groups in total. The second-order valence-electron chi connectivity index (χ2n) is 10.0. The predicted molar refractivity (Wildman–Crippen MR) is 149 cm³/mol. The fourth-order valence-electron chi connectivity index (χ4n) is 4.69. The van der Waals surface area contributed by atoms with Gasteiger partial charge in [0.25, 0.3) is 5.91 Å². The van der Waals surface area contributed by atoms with Gasteiger partial charge in [-0.05, 0) is 43.0 Å². The number of likely N-dealkylation sites (tertiary alicyclic amines) is 1. The van der Waals surface area contributed by atoms with Crippen molar-refractivity contribution in [2.45, 2.75) is 33.1 Å². The molecule has 1 fully saturated rings. The zero-order valence-corrected chi connectivity index (χ0v) is 21.6. The van der Waals surface area contributed by atoms with E-state index in [4.69, 9.17) is 10.7 Å². The second kappa shape index (κ2) is 10.5. The number of nitrogens with zero attached hydrogens (tertiary/aromatic N) is 4. The molecular weight excluding hydrogens is 478 g/mol. The first kappa shape index (κ1) is 25.1. The number of rotatable bonds is 7. The normalized spacial score (nSPS) is 13.3. The van der Waals surface area contributed by atoms with Crippen LogP contribution in [0.3, 0.4) is 0 Å².